The summed E-state index contributed by atoms with van der Waals surface area (Å²) in [5.74, 6) is 0. The normalized spacial score (nSPS) is 13.3. The SMILES string of the molecule is Nc1ccc(=O)n(CCCn2c3c(ccc2=O)CCC3)c1. The van der Waals surface area contributed by atoms with Gasteiger partial charge in [0.25, 0.3) is 11.1 Å². The fourth-order valence-corrected chi connectivity index (χ4v) is 3.00. The molecule has 0 spiro atoms. The van der Waals surface area contributed by atoms with Gasteiger partial charge in [0.15, 0.2) is 0 Å². The Bertz CT molecular complexity index is 774. The van der Waals surface area contributed by atoms with Crippen molar-refractivity contribution < 1.29 is 0 Å². The van der Waals surface area contributed by atoms with Crippen LogP contribution in [0.4, 0.5) is 5.69 Å². The molecule has 5 nitrogen and oxygen atoms in total. The zero-order valence-corrected chi connectivity index (χ0v) is 11.9. The van der Waals surface area contributed by atoms with Crippen LogP contribution >= 0.6 is 0 Å². The quantitative estimate of drug-likeness (QED) is 0.916. The van der Waals surface area contributed by atoms with Crippen molar-refractivity contribution in [3.05, 3.63) is 62.4 Å². The molecule has 0 bridgehead atoms. The Morgan fingerprint density at radius 2 is 1.81 bits per heavy atom. The highest BCUT2D eigenvalue weighted by Gasteiger charge is 2.15. The summed E-state index contributed by atoms with van der Waals surface area (Å²) in [5.41, 5.74) is 8.72. The number of anilines is 1. The fourth-order valence-electron chi connectivity index (χ4n) is 3.00. The van der Waals surface area contributed by atoms with E-state index in [1.165, 1.54) is 17.3 Å². The van der Waals surface area contributed by atoms with Crippen molar-refractivity contribution in [3.63, 3.8) is 0 Å². The minimum atomic E-state index is -0.0603. The van der Waals surface area contributed by atoms with Gasteiger partial charge < -0.3 is 14.9 Å². The van der Waals surface area contributed by atoms with E-state index in [1.807, 2.05) is 10.6 Å². The van der Waals surface area contributed by atoms with Crippen LogP contribution in [0.25, 0.3) is 0 Å². The maximum Gasteiger partial charge on any atom is 0.250 e. The van der Waals surface area contributed by atoms with E-state index in [4.69, 9.17) is 5.73 Å². The second-order valence-electron chi connectivity index (χ2n) is 5.50. The molecule has 21 heavy (non-hydrogen) atoms. The number of nitrogen functional groups attached to an aromatic ring is 1. The third kappa shape index (κ3) is 2.77. The zero-order valence-electron chi connectivity index (χ0n) is 11.9. The first kappa shape index (κ1) is 13.7. The van der Waals surface area contributed by atoms with Crippen molar-refractivity contribution in [2.45, 2.75) is 38.8 Å². The number of fused-ring (bicyclic) bond motifs is 1. The second kappa shape index (κ2) is 5.60. The molecular weight excluding hydrogens is 266 g/mol. The minimum Gasteiger partial charge on any atom is -0.398 e. The molecule has 0 aliphatic heterocycles. The Labute approximate surface area is 122 Å². The predicted molar refractivity (Wildman–Crippen MR) is 82.5 cm³/mol. The molecule has 0 fully saturated rings. The topological polar surface area (TPSA) is 70.0 Å². The Kier molecular flexibility index (Phi) is 3.64. The summed E-state index contributed by atoms with van der Waals surface area (Å²) in [6, 6.07) is 6.68. The highest BCUT2D eigenvalue weighted by molar-refractivity contribution is 5.33. The van der Waals surface area contributed by atoms with Crippen molar-refractivity contribution in [2.75, 3.05) is 5.73 Å². The van der Waals surface area contributed by atoms with Gasteiger partial charge in [-0.2, -0.15) is 0 Å². The average Bonchev–Trinajstić information content (AvgIpc) is 2.93. The van der Waals surface area contributed by atoms with Gasteiger partial charge in [-0.1, -0.05) is 6.07 Å². The van der Waals surface area contributed by atoms with E-state index in [0.29, 0.717) is 18.8 Å². The number of hydrogen-bond donors (Lipinski definition) is 1. The first-order valence-electron chi connectivity index (χ1n) is 7.33. The summed E-state index contributed by atoms with van der Waals surface area (Å²) in [6.45, 7) is 1.21. The highest BCUT2D eigenvalue weighted by Crippen LogP contribution is 2.19. The molecular formula is C16H19N3O2. The van der Waals surface area contributed by atoms with Crippen LogP contribution in [0.3, 0.4) is 0 Å². The van der Waals surface area contributed by atoms with E-state index in [2.05, 4.69) is 0 Å². The van der Waals surface area contributed by atoms with E-state index in [1.54, 1.807) is 22.9 Å². The molecule has 2 N–H and O–H groups in total. The first-order chi connectivity index (χ1) is 10.1. The van der Waals surface area contributed by atoms with Crippen LogP contribution in [0.15, 0.2) is 40.1 Å². The van der Waals surface area contributed by atoms with E-state index in [0.717, 1.165) is 25.7 Å². The molecule has 0 aromatic carbocycles. The van der Waals surface area contributed by atoms with Gasteiger partial charge >= 0.3 is 0 Å². The zero-order chi connectivity index (χ0) is 14.8. The molecule has 0 amide bonds. The van der Waals surface area contributed by atoms with Crippen LogP contribution in [0, 0.1) is 0 Å². The highest BCUT2D eigenvalue weighted by atomic mass is 16.1. The van der Waals surface area contributed by atoms with E-state index in [-0.39, 0.29) is 11.1 Å². The van der Waals surface area contributed by atoms with E-state index in [9.17, 15) is 9.59 Å². The molecule has 0 saturated carbocycles. The Morgan fingerprint density at radius 1 is 1.00 bits per heavy atom. The van der Waals surface area contributed by atoms with Gasteiger partial charge in [0, 0.05) is 42.8 Å². The molecule has 2 heterocycles. The molecule has 2 aromatic heterocycles. The van der Waals surface area contributed by atoms with Crippen LogP contribution in [-0.4, -0.2) is 9.13 Å². The molecule has 5 heteroatoms. The molecule has 2 aromatic rings. The summed E-state index contributed by atoms with van der Waals surface area (Å²) < 4.78 is 3.46. The number of nitrogens with two attached hydrogens (primary N) is 1. The van der Waals surface area contributed by atoms with E-state index < -0.39 is 0 Å². The number of rotatable bonds is 4. The van der Waals surface area contributed by atoms with Crippen molar-refractivity contribution in [1.29, 1.82) is 0 Å². The monoisotopic (exact) mass is 285 g/mol. The smallest absolute Gasteiger partial charge is 0.250 e. The molecule has 0 unspecified atom stereocenters. The van der Waals surface area contributed by atoms with Gasteiger partial charge in [0.05, 0.1) is 0 Å². The van der Waals surface area contributed by atoms with Gasteiger partial charge in [0.2, 0.25) is 0 Å². The average molecular weight is 285 g/mol. The Balaban J connectivity index is 1.74. The number of aryl methyl sites for hydroxylation is 2. The van der Waals surface area contributed by atoms with Gasteiger partial charge in [-0.15, -0.1) is 0 Å². The van der Waals surface area contributed by atoms with Gasteiger partial charge in [-0.25, -0.2) is 0 Å². The lowest BCUT2D eigenvalue weighted by molar-refractivity contribution is 0.532. The number of pyridine rings is 2. The first-order valence-corrected chi connectivity index (χ1v) is 7.33. The van der Waals surface area contributed by atoms with Crippen LogP contribution in [0.2, 0.25) is 0 Å². The summed E-state index contributed by atoms with van der Waals surface area (Å²) in [5, 5.41) is 0. The fraction of sp³-hybridized carbons (Fsp3) is 0.375. The molecule has 0 saturated heterocycles. The number of aromatic nitrogens is 2. The molecule has 0 atom stereocenters. The maximum atomic E-state index is 12.0. The maximum absolute atomic E-state index is 12.0. The number of nitrogens with zero attached hydrogens (tertiary/aromatic N) is 2. The third-order valence-corrected chi connectivity index (χ3v) is 4.04. The lowest BCUT2D eigenvalue weighted by Gasteiger charge is -2.12. The molecule has 1 aliphatic rings. The molecule has 3 rings (SSSR count). The summed E-state index contributed by atoms with van der Waals surface area (Å²) >= 11 is 0. The number of hydrogen-bond acceptors (Lipinski definition) is 3. The van der Waals surface area contributed by atoms with Crippen molar-refractivity contribution in [1.82, 2.24) is 9.13 Å². The van der Waals surface area contributed by atoms with Crippen LogP contribution < -0.4 is 16.9 Å². The lowest BCUT2D eigenvalue weighted by atomic mass is 10.2. The predicted octanol–water partition coefficient (Wildman–Crippen LogP) is 1.17. The Morgan fingerprint density at radius 3 is 2.67 bits per heavy atom. The van der Waals surface area contributed by atoms with Crippen LogP contribution in [0.1, 0.15) is 24.1 Å². The van der Waals surface area contributed by atoms with Gasteiger partial charge in [-0.3, -0.25) is 9.59 Å². The Hall–Kier alpha value is -2.30. The third-order valence-electron chi connectivity index (χ3n) is 4.04. The molecule has 0 radical (unpaired) electrons. The largest absolute Gasteiger partial charge is 0.398 e. The van der Waals surface area contributed by atoms with Crippen molar-refractivity contribution >= 4 is 5.69 Å². The van der Waals surface area contributed by atoms with E-state index >= 15 is 0 Å². The van der Waals surface area contributed by atoms with Gasteiger partial charge in [0.1, 0.15) is 0 Å². The standard InChI is InChI=1S/C16H19N3O2/c17-13-6-8-15(20)18(11-13)9-2-10-19-14-4-1-3-12(14)5-7-16(19)21/h5-8,11H,1-4,9-10,17H2. The van der Waals surface area contributed by atoms with Gasteiger partial charge in [-0.05, 0) is 37.3 Å². The lowest BCUT2D eigenvalue weighted by Crippen LogP contribution is -2.25. The summed E-state index contributed by atoms with van der Waals surface area (Å²) in [7, 11) is 0. The second-order valence-corrected chi connectivity index (χ2v) is 5.50. The summed E-state index contributed by atoms with van der Waals surface area (Å²) in [4.78, 5) is 23.7. The van der Waals surface area contributed by atoms with Crippen molar-refractivity contribution in [3.8, 4) is 0 Å². The summed E-state index contributed by atoms with van der Waals surface area (Å²) in [6.07, 6.45) is 5.54. The molecule has 1 aliphatic carbocycles. The van der Waals surface area contributed by atoms with Crippen LogP contribution in [0.5, 0.6) is 0 Å². The minimum absolute atomic E-state index is 0.0515. The van der Waals surface area contributed by atoms with Crippen LogP contribution in [-0.2, 0) is 25.9 Å². The molecule has 110 valence electrons. The van der Waals surface area contributed by atoms with Crippen molar-refractivity contribution in [2.24, 2.45) is 0 Å².